The van der Waals surface area contributed by atoms with Crippen LogP contribution in [0.4, 0.5) is 26.3 Å². The van der Waals surface area contributed by atoms with Gasteiger partial charge < -0.3 is 24.1 Å². The maximum absolute atomic E-state index is 12.7. The summed E-state index contributed by atoms with van der Waals surface area (Å²) >= 11 is 0. The van der Waals surface area contributed by atoms with E-state index in [4.69, 9.17) is 14.6 Å². The number of aliphatic carboxylic acids is 1. The summed E-state index contributed by atoms with van der Waals surface area (Å²) < 4.78 is 93.3. The first kappa shape index (κ1) is 29.4. The van der Waals surface area contributed by atoms with Crippen LogP contribution in [0.5, 0.6) is 17.2 Å². The molecule has 0 saturated heterocycles. The third-order valence-corrected chi connectivity index (χ3v) is 4.43. The van der Waals surface area contributed by atoms with Crippen LogP contribution in [0.1, 0.15) is 25.0 Å². The van der Waals surface area contributed by atoms with Crippen LogP contribution < -0.4 is 14.2 Å². The van der Waals surface area contributed by atoms with Crippen molar-refractivity contribution in [3.63, 3.8) is 0 Å². The smallest absolute Gasteiger partial charge is 0.490 e. The first-order valence-electron chi connectivity index (χ1n) is 10.7. The van der Waals surface area contributed by atoms with Crippen molar-refractivity contribution >= 4 is 5.97 Å². The van der Waals surface area contributed by atoms with Crippen molar-refractivity contribution in [2.45, 2.75) is 39.1 Å². The number of hydrogen-bond donors (Lipinski definition) is 1. The summed E-state index contributed by atoms with van der Waals surface area (Å²) in [6.07, 6.45) is -9.48. The minimum absolute atomic E-state index is 0.0564. The molecule has 0 fully saturated rings. The summed E-state index contributed by atoms with van der Waals surface area (Å²) in [5.41, 5.74) is 0.836. The molecule has 0 heterocycles. The van der Waals surface area contributed by atoms with Gasteiger partial charge in [0.1, 0.15) is 23.9 Å². The second-order valence-corrected chi connectivity index (χ2v) is 7.33. The van der Waals surface area contributed by atoms with E-state index < -0.39 is 36.3 Å². The molecule has 0 amide bonds. The van der Waals surface area contributed by atoms with Gasteiger partial charge in [-0.15, -0.1) is 26.3 Å². The van der Waals surface area contributed by atoms with E-state index in [1.807, 2.05) is 0 Å². The zero-order valence-corrected chi connectivity index (χ0v) is 19.6. The van der Waals surface area contributed by atoms with E-state index in [2.05, 4.69) is 21.3 Å². The average molecular weight is 532 g/mol. The van der Waals surface area contributed by atoms with E-state index in [-0.39, 0.29) is 25.2 Å². The molecule has 0 aromatic heterocycles. The van der Waals surface area contributed by atoms with Crippen molar-refractivity contribution in [3.05, 3.63) is 65.2 Å². The standard InChI is InChI=1S/C25H22F6O6/c1-3-34-22(23(32)33)14-17-5-9-19(10-6-17)35-13-12-16(2)4-7-18-8-11-20(36-24(26,27)28)15-21(18)37-25(29,30)31/h5-6,8-12,15,22H,3,13-14H2,1-2H3,(H,32,33)/b16-12-/t22-/m0/s1. The fraction of sp³-hybridized carbons (Fsp3) is 0.320. The molecule has 0 bridgehead atoms. The summed E-state index contributed by atoms with van der Waals surface area (Å²) in [6, 6.07) is 8.84. The van der Waals surface area contributed by atoms with Crippen LogP contribution in [0.2, 0.25) is 0 Å². The molecule has 2 aromatic rings. The number of rotatable bonds is 10. The monoisotopic (exact) mass is 532 g/mol. The maximum atomic E-state index is 12.7. The van der Waals surface area contributed by atoms with E-state index in [1.165, 1.54) is 0 Å². The lowest BCUT2D eigenvalue weighted by Gasteiger charge is -2.13. The Kier molecular flexibility index (Phi) is 10.3. The Morgan fingerprint density at radius 2 is 1.62 bits per heavy atom. The Labute approximate surface area is 208 Å². The lowest BCUT2D eigenvalue weighted by Crippen LogP contribution is -2.26. The van der Waals surface area contributed by atoms with Crippen molar-refractivity contribution in [3.8, 4) is 29.1 Å². The van der Waals surface area contributed by atoms with Crippen LogP contribution in [0, 0.1) is 11.8 Å². The van der Waals surface area contributed by atoms with Gasteiger partial charge >= 0.3 is 18.7 Å². The molecule has 0 aliphatic rings. The van der Waals surface area contributed by atoms with Gasteiger partial charge in [-0.3, -0.25) is 0 Å². The van der Waals surface area contributed by atoms with E-state index in [0.29, 0.717) is 17.4 Å². The van der Waals surface area contributed by atoms with Crippen molar-refractivity contribution < 1.29 is 55.2 Å². The molecule has 2 aromatic carbocycles. The molecule has 6 nitrogen and oxygen atoms in total. The van der Waals surface area contributed by atoms with Gasteiger partial charge in [0.25, 0.3) is 0 Å². The van der Waals surface area contributed by atoms with E-state index in [1.54, 1.807) is 44.2 Å². The minimum Gasteiger partial charge on any atom is -0.490 e. The highest BCUT2D eigenvalue weighted by molar-refractivity contribution is 5.72. The lowest BCUT2D eigenvalue weighted by atomic mass is 10.1. The van der Waals surface area contributed by atoms with Crippen LogP contribution in [-0.4, -0.2) is 43.1 Å². The van der Waals surface area contributed by atoms with Crippen molar-refractivity contribution in [1.82, 2.24) is 0 Å². The lowest BCUT2D eigenvalue weighted by molar-refractivity contribution is -0.276. The molecule has 1 N–H and O–H groups in total. The molecule has 0 aliphatic heterocycles. The molecule has 0 spiro atoms. The fourth-order valence-corrected chi connectivity index (χ4v) is 2.85. The third-order valence-electron chi connectivity index (χ3n) is 4.43. The number of halogens is 6. The van der Waals surface area contributed by atoms with Crippen LogP contribution in [0.3, 0.4) is 0 Å². The first-order valence-corrected chi connectivity index (χ1v) is 10.7. The quantitative estimate of drug-likeness (QED) is 0.304. The van der Waals surface area contributed by atoms with Gasteiger partial charge in [0, 0.05) is 19.1 Å². The zero-order chi connectivity index (χ0) is 27.6. The fourth-order valence-electron chi connectivity index (χ4n) is 2.85. The van der Waals surface area contributed by atoms with Crippen molar-refractivity contribution in [1.29, 1.82) is 0 Å². The van der Waals surface area contributed by atoms with E-state index in [9.17, 15) is 31.1 Å². The van der Waals surface area contributed by atoms with Gasteiger partial charge in [0.2, 0.25) is 0 Å². The molecular formula is C25H22F6O6. The second-order valence-electron chi connectivity index (χ2n) is 7.33. The summed E-state index contributed by atoms with van der Waals surface area (Å²) in [5.74, 6) is 2.59. The molecule has 0 unspecified atom stereocenters. The number of ether oxygens (including phenoxy) is 4. The second kappa shape index (κ2) is 12.9. The topological polar surface area (TPSA) is 74.2 Å². The van der Waals surface area contributed by atoms with Crippen molar-refractivity contribution in [2.75, 3.05) is 13.2 Å². The Morgan fingerprint density at radius 3 is 2.19 bits per heavy atom. The van der Waals surface area contributed by atoms with Crippen LogP contribution in [-0.2, 0) is 16.0 Å². The summed E-state index contributed by atoms with van der Waals surface area (Å²) in [7, 11) is 0. The molecule has 37 heavy (non-hydrogen) atoms. The maximum Gasteiger partial charge on any atom is 0.573 e. The minimum atomic E-state index is -5.15. The van der Waals surface area contributed by atoms with Crippen molar-refractivity contribution in [2.24, 2.45) is 0 Å². The number of carboxylic acid groups (broad SMARTS) is 1. The van der Waals surface area contributed by atoms with Gasteiger partial charge in [0.15, 0.2) is 6.10 Å². The molecule has 2 rings (SSSR count). The van der Waals surface area contributed by atoms with Gasteiger partial charge in [-0.25, -0.2) is 4.79 Å². The number of allylic oxidation sites excluding steroid dienone is 1. The normalized spacial score (nSPS) is 12.8. The summed E-state index contributed by atoms with van der Waals surface area (Å²) in [5, 5.41) is 9.15. The summed E-state index contributed by atoms with van der Waals surface area (Å²) in [6.45, 7) is 3.58. The molecule has 0 aliphatic carbocycles. The molecule has 0 radical (unpaired) electrons. The summed E-state index contributed by atoms with van der Waals surface area (Å²) in [4.78, 5) is 11.2. The molecule has 12 heteroatoms. The molecule has 1 atom stereocenters. The zero-order valence-electron chi connectivity index (χ0n) is 19.6. The number of carbonyl (C=O) groups is 1. The van der Waals surface area contributed by atoms with Crippen LogP contribution >= 0.6 is 0 Å². The third kappa shape index (κ3) is 11.2. The highest BCUT2D eigenvalue weighted by atomic mass is 19.4. The highest BCUT2D eigenvalue weighted by Crippen LogP contribution is 2.32. The Hall–Kier alpha value is -3.85. The number of alkyl halides is 6. The number of hydrogen-bond acceptors (Lipinski definition) is 5. The average Bonchev–Trinajstić information content (AvgIpc) is 2.77. The van der Waals surface area contributed by atoms with Gasteiger partial charge in [0.05, 0.1) is 5.56 Å². The molecular weight excluding hydrogens is 510 g/mol. The Morgan fingerprint density at radius 1 is 1.00 bits per heavy atom. The van der Waals surface area contributed by atoms with Gasteiger partial charge in [-0.05, 0) is 55.3 Å². The first-order chi connectivity index (χ1) is 17.3. The predicted molar refractivity (Wildman–Crippen MR) is 119 cm³/mol. The Balaban J connectivity index is 2.05. The molecule has 0 saturated carbocycles. The molecule has 200 valence electrons. The largest absolute Gasteiger partial charge is 0.573 e. The van der Waals surface area contributed by atoms with E-state index >= 15 is 0 Å². The predicted octanol–water partition coefficient (Wildman–Crippen LogP) is 5.89. The van der Waals surface area contributed by atoms with Crippen LogP contribution in [0.15, 0.2) is 54.1 Å². The SMILES string of the molecule is CCO[C@@H](Cc1ccc(OC/C=C(/C)C#Cc2ccc(OC(F)(F)F)cc2OC(F)(F)F)cc1)C(=O)O. The van der Waals surface area contributed by atoms with Gasteiger partial charge in [-0.1, -0.05) is 24.0 Å². The Bertz CT molecular complexity index is 1140. The highest BCUT2D eigenvalue weighted by Gasteiger charge is 2.34. The number of benzene rings is 2. The number of carboxylic acids is 1. The van der Waals surface area contributed by atoms with Crippen LogP contribution in [0.25, 0.3) is 0 Å². The van der Waals surface area contributed by atoms with Gasteiger partial charge in [-0.2, -0.15) is 0 Å². The van der Waals surface area contributed by atoms with E-state index in [0.717, 1.165) is 17.7 Å².